The van der Waals surface area contributed by atoms with Crippen LogP contribution in [0.2, 0.25) is 0 Å². The van der Waals surface area contributed by atoms with Crippen molar-refractivity contribution in [3.8, 4) is 0 Å². The lowest BCUT2D eigenvalue weighted by atomic mass is 10.1. The molecular formula is C8H15NO2. The summed E-state index contributed by atoms with van der Waals surface area (Å²) in [5, 5.41) is 2.78. The Hall–Kier alpha value is -0.570. The van der Waals surface area contributed by atoms with Gasteiger partial charge < -0.3 is 10.1 Å². The molecule has 3 heteroatoms. The summed E-state index contributed by atoms with van der Waals surface area (Å²) in [7, 11) is 0. The average molecular weight is 157 g/mol. The van der Waals surface area contributed by atoms with Crippen LogP contribution < -0.4 is 5.32 Å². The number of nitrogens with one attached hydrogen (secondary N) is 1. The molecule has 0 aliphatic carbocycles. The molecule has 0 aromatic rings. The van der Waals surface area contributed by atoms with Gasteiger partial charge >= 0.3 is 0 Å². The number of carbonyl (C=O) groups excluding carboxylic acids is 1. The van der Waals surface area contributed by atoms with Crippen LogP contribution in [0.4, 0.5) is 0 Å². The highest BCUT2D eigenvalue weighted by molar-refractivity contribution is 5.76. The summed E-state index contributed by atoms with van der Waals surface area (Å²) in [5.41, 5.74) is 0. The molecule has 64 valence electrons. The van der Waals surface area contributed by atoms with Gasteiger partial charge in [0.15, 0.2) is 0 Å². The second kappa shape index (κ2) is 4.34. The molecule has 1 aliphatic heterocycles. The molecule has 0 aromatic carbocycles. The van der Waals surface area contributed by atoms with E-state index in [1.165, 1.54) is 0 Å². The van der Waals surface area contributed by atoms with Crippen molar-refractivity contribution in [2.24, 2.45) is 0 Å². The lowest BCUT2D eigenvalue weighted by molar-refractivity contribution is -0.124. The zero-order valence-electron chi connectivity index (χ0n) is 6.93. The number of hydrogen-bond acceptors (Lipinski definition) is 2. The monoisotopic (exact) mass is 157 g/mol. The van der Waals surface area contributed by atoms with E-state index in [-0.39, 0.29) is 12.0 Å². The molecule has 1 rings (SSSR count). The first-order valence-electron chi connectivity index (χ1n) is 4.21. The maximum atomic E-state index is 10.7. The second-order valence-corrected chi connectivity index (χ2v) is 2.84. The van der Waals surface area contributed by atoms with Gasteiger partial charge in [-0.05, 0) is 12.8 Å². The summed E-state index contributed by atoms with van der Waals surface area (Å²) in [6, 6.07) is 0. The van der Waals surface area contributed by atoms with Gasteiger partial charge in [-0.25, -0.2) is 0 Å². The molecule has 0 aromatic heterocycles. The topological polar surface area (TPSA) is 38.3 Å². The first-order valence-corrected chi connectivity index (χ1v) is 4.21. The predicted octanol–water partition coefficient (Wildman–Crippen LogP) is 0.692. The van der Waals surface area contributed by atoms with Crippen molar-refractivity contribution >= 4 is 5.91 Å². The molecule has 1 saturated heterocycles. The van der Waals surface area contributed by atoms with Crippen LogP contribution in [0.15, 0.2) is 0 Å². The van der Waals surface area contributed by atoms with Crippen LogP contribution in [0.25, 0.3) is 0 Å². The fourth-order valence-electron chi connectivity index (χ4n) is 1.14. The third kappa shape index (κ3) is 2.89. The van der Waals surface area contributed by atoms with Crippen molar-refractivity contribution in [1.29, 1.82) is 0 Å². The fraction of sp³-hybridized carbons (Fsp3) is 0.875. The van der Waals surface area contributed by atoms with E-state index >= 15 is 0 Å². The summed E-state index contributed by atoms with van der Waals surface area (Å²) < 4.78 is 5.47. The Morgan fingerprint density at radius 3 is 3.09 bits per heavy atom. The lowest BCUT2D eigenvalue weighted by Crippen LogP contribution is -2.39. The zero-order chi connectivity index (χ0) is 8.10. The Bertz CT molecular complexity index is 126. The third-order valence-electron chi connectivity index (χ3n) is 1.78. The molecule has 1 fully saturated rings. The highest BCUT2D eigenvalue weighted by atomic mass is 16.5. The van der Waals surface area contributed by atoms with Crippen molar-refractivity contribution < 1.29 is 9.53 Å². The Balaban J connectivity index is 2.12. The third-order valence-corrected chi connectivity index (χ3v) is 1.78. The number of amides is 1. The minimum Gasteiger partial charge on any atom is -0.376 e. The molecular weight excluding hydrogens is 142 g/mol. The predicted molar refractivity (Wildman–Crippen MR) is 42.3 cm³/mol. The summed E-state index contributed by atoms with van der Waals surface area (Å²) >= 11 is 0. The van der Waals surface area contributed by atoms with Crippen LogP contribution in [0, 0.1) is 0 Å². The van der Waals surface area contributed by atoms with Crippen LogP contribution in [0.1, 0.15) is 26.2 Å². The number of rotatable bonds is 3. The number of carbonyl (C=O) groups is 1. The van der Waals surface area contributed by atoms with Gasteiger partial charge in [0.05, 0.1) is 6.10 Å². The maximum Gasteiger partial charge on any atom is 0.220 e. The number of ether oxygens (including phenoxy) is 1. The van der Waals surface area contributed by atoms with Gasteiger partial charge in [0.25, 0.3) is 0 Å². The van der Waals surface area contributed by atoms with Crippen LogP contribution in [0.3, 0.4) is 0 Å². The van der Waals surface area contributed by atoms with Gasteiger partial charge in [-0.3, -0.25) is 4.79 Å². The van der Waals surface area contributed by atoms with E-state index in [1.54, 1.807) is 0 Å². The van der Waals surface area contributed by atoms with Crippen molar-refractivity contribution in [2.75, 3.05) is 13.2 Å². The van der Waals surface area contributed by atoms with Crippen molar-refractivity contribution in [3.63, 3.8) is 0 Å². The quantitative estimate of drug-likeness (QED) is 0.654. The lowest BCUT2D eigenvalue weighted by Gasteiger charge is -2.22. The normalized spacial score (nSPS) is 24.8. The average Bonchev–Trinajstić information content (AvgIpc) is 2.04. The van der Waals surface area contributed by atoms with Crippen LogP contribution in [-0.2, 0) is 9.53 Å². The summed E-state index contributed by atoms with van der Waals surface area (Å²) in [6.45, 7) is 3.58. The van der Waals surface area contributed by atoms with Crippen molar-refractivity contribution in [2.45, 2.75) is 32.3 Å². The van der Waals surface area contributed by atoms with E-state index < -0.39 is 0 Å². The summed E-state index contributed by atoms with van der Waals surface area (Å²) in [6.07, 6.45) is 2.80. The van der Waals surface area contributed by atoms with Crippen LogP contribution in [-0.4, -0.2) is 25.2 Å². The zero-order valence-corrected chi connectivity index (χ0v) is 6.93. The highest BCUT2D eigenvalue weighted by Gasteiger charge is 2.17. The molecule has 0 unspecified atom stereocenters. The smallest absolute Gasteiger partial charge is 0.220 e. The summed E-state index contributed by atoms with van der Waals surface area (Å²) in [5.74, 6) is 0.154. The van der Waals surface area contributed by atoms with Gasteiger partial charge in [-0.15, -0.1) is 0 Å². The Kier molecular flexibility index (Phi) is 3.36. The standard InChI is InChI=1S/C8H15NO2/c1-2-5-11-7-3-4-8(10)9-6-7/h7H,2-6H2,1H3,(H,9,10)/t7-/m0/s1. The van der Waals surface area contributed by atoms with E-state index in [4.69, 9.17) is 4.74 Å². The van der Waals surface area contributed by atoms with E-state index in [9.17, 15) is 4.79 Å². The highest BCUT2D eigenvalue weighted by Crippen LogP contribution is 2.06. The van der Waals surface area contributed by atoms with E-state index in [0.29, 0.717) is 13.0 Å². The first-order chi connectivity index (χ1) is 5.33. The van der Waals surface area contributed by atoms with Crippen LogP contribution >= 0.6 is 0 Å². The number of hydrogen-bond donors (Lipinski definition) is 1. The van der Waals surface area contributed by atoms with Gasteiger partial charge in [-0.1, -0.05) is 6.92 Å². The molecule has 1 amide bonds. The summed E-state index contributed by atoms with van der Waals surface area (Å²) in [4.78, 5) is 10.7. The fourth-order valence-corrected chi connectivity index (χ4v) is 1.14. The molecule has 0 spiro atoms. The minimum atomic E-state index is 0.154. The van der Waals surface area contributed by atoms with Crippen molar-refractivity contribution in [3.05, 3.63) is 0 Å². The molecule has 0 radical (unpaired) electrons. The first kappa shape index (κ1) is 8.53. The molecule has 1 N–H and O–H groups in total. The van der Waals surface area contributed by atoms with Gasteiger partial charge in [0, 0.05) is 19.6 Å². The molecule has 1 atom stereocenters. The largest absolute Gasteiger partial charge is 0.376 e. The van der Waals surface area contributed by atoms with Gasteiger partial charge in [-0.2, -0.15) is 0 Å². The molecule has 3 nitrogen and oxygen atoms in total. The number of piperidine rings is 1. The molecule has 1 heterocycles. The van der Waals surface area contributed by atoms with E-state index in [0.717, 1.165) is 19.4 Å². The Morgan fingerprint density at radius 1 is 1.73 bits per heavy atom. The molecule has 0 saturated carbocycles. The minimum absolute atomic E-state index is 0.154. The van der Waals surface area contributed by atoms with Gasteiger partial charge in [0.1, 0.15) is 0 Å². The Labute approximate surface area is 67.1 Å². The molecule has 11 heavy (non-hydrogen) atoms. The second-order valence-electron chi connectivity index (χ2n) is 2.84. The van der Waals surface area contributed by atoms with E-state index in [2.05, 4.69) is 12.2 Å². The van der Waals surface area contributed by atoms with Crippen molar-refractivity contribution in [1.82, 2.24) is 5.32 Å². The SMILES string of the molecule is CCCO[C@H]1CCC(=O)NC1. The molecule has 0 bridgehead atoms. The maximum absolute atomic E-state index is 10.7. The van der Waals surface area contributed by atoms with Crippen LogP contribution in [0.5, 0.6) is 0 Å². The molecule has 1 aliphatic rings. The Morgan fingerprint density at radius 2 is 2.55 bits per heavy atom. The van der Waals surface area contributed by atoms with Gasteiger partial charge in [0.2, 0.25) is 5.91 Å². The van der Waals surface area contributed by atoms with E-state index in [1.807, 2.05) is 0 Å².